The predicted molar refractivity (Wildman–Crippen MR) is 73.9 cm³/mol. The van der Waals surface area contributed by atoms with Gasteiger partial charge in [-0.1, -0.05) is 26.7 Å². The van der Waals surface area contributed by atoms with Crippen molar-refractivity contribution in [2.24, 2.45) is 5.92 Å². The van der Waals surface area contributed by atoms with Crippen molar-refractivity contribution in [1.29, 1.82) is 0 Å². The van der Waals surface area contributed by atoms with E-state index in [1.807, 2.05) is 6.92 Å². The first-order chi connectivity index (χ1) is 8.93. The third-order valence-electron chi connectivity index (χ3n) is 3.80. The van der Waals surface area contributed by atoms with E-state index >= 15 is 0 Å². The summed E-state index contributed by atoms with van der Waals surface area (Å²) in [5.74, 6) is -1.26. The highest BCUT2D eigenvalue weighted by molar-refractivity contribution is 5.86. The van der Waals surface area contributed by atoms with Crippen molar-refractivity contribution in [3.8, 4) is 0 Å². The number of nitrogens with zero attached hydrogens (tertiary/aromatic N) is 1. The second-order valence-electron chi connectivity index (χ2n) is 5.69. The Hall–Kier alpha value is -1.10. The fourth-order valence-electron chi connectivity index (χ4n) is 2.44. The van der Waals surface area contributed by atoms with Gasteiger partial charge in [-0.05, 0) is 38.8 Å². The average molecular weight is 270 g/mol. The molecule has 0 aromatic heterocycles. The Balaban J connectivity index is 2.57. The lowest BCUT2D eigenvalue weighted by Gasteiger charge is -2.28. The largest absolute Gasteiger partial charge is 0.480 e. The zero-order valence-electron chi connectivity index (χ0n) is 12.2. The molecule has 0 bridgehead atoms. The lowest BCUT2D eigenvalue weighted by atomic mass is 10.0. The van der Waals surface area contributed by atoms with Crippen LogP contribution in [0.15, 0.2) is 0 Å². The molecular weight excluding hydrogens is 244 g/mol. The van der Waals surface area contributed by atoms with Gasteiger partial charge in [0, 0.05) is 0 Å². The number of hydrogen-bond donors (Lipinski definition) is 2. The summed E-state index contributed by atoms with van der Waals surface area (Å²) in [4.78, 5) is 25.4. The topological polar surface area (TPSA) is 69.6 Å². The summed E-state index contributed by atoms with van der Waals surface area (Å²) in [6.45, 7) is 7.31. The van der Waals surface area contributed by atoms with Gasteiger partial charge in [-0.25, -0.2) is 4.79 Å². The second kappa shape index (κ2) is 7.48. The molecule has 0 aliphatic carbocycles. The van der Waals surface area contributed by atoms with Gasteiger partial charge >= 0.3 is 5.97 Å². The first-order valence-electron chi connectivity index (χ1n) is 7.20. The first kappa shape index (κ1) is 16.0. The molecule has 5 heteroatoms. The smallest absolute Gasteiger partial charge is 0.326 e. The van der Waals surface area contributed by atoms with Crippen LogP contribution in [0.1, 0.15) is 46.5 Å². The van der Waals surface area contributed by atoms with Crippen molar-refractivity contribution in [3.63, 3.8) is 0 Å². The minimum absolute atomic E-state index is 0.113. The van der Waals surface area contributed by atoms with Crippen LogP contribution in [0.2, 0.25) is 0 Å². The number of nitrogens with one attached hydrogen (secondary N) is 1. The maximum Gasteiger partial charge on any atom is 0.326 e. The minimum Gasteiger partial charge on any atom is -0.480 e. The number of amides is 1. The molecule has 0 aromatic rings. The van der Waals surface area contributed by atoms with E-state index in [9.17, 15) is 9.59 Å². The van der Waals surface area contributed by atoms with Crippen LogP contribution >= 0.6 is 0 Å². The highest BCUT2D eigenvalue weighted by Crippen LogP contribution is 2.13. The summed E-state index contributed by atoms with van der Waals surface area (Å²) in [7, 11) is 0. The normalized spacial score (nSPS) is 20.6. The number of carboxylic acids is 1. The summed E-state index contributed by atoms with van der Waals surface area (Å²) in [6.07, 6.45) is 4.66. The van der Waals surface area contributed by atoms with E-state index in [2.05, 4.69) is 10.2 Å². The highest BCUT2D eigenvalue weighted by Gasteiger charge is 2.28. The number of carbonyl (C=O) groups excluding carboxylic acids is 1. The van der Waals surface area contributed by atoms with Crippen molar-refractivity contribution in [1.82, 2.24) is 10.2 Å². The summed E-state index contributed by atoms with van der Waals surface area (Å²) in [5, 5.41) is 11.8. The molecule has 1 amide bonds. The van der Waals surface area contributed by atoms with E-state index in [0.29, 0.717) is 0 Å². The third kappa shape index (κ3) is 4.82. The van der Waals surface area contributed by atoms with Gasteiger partial charge in [0.15, 0.2) is 0 Å². The second-order valence-corrected chi connectivity index (χ2v) is 5.69. The Morgan fingerprint density at radius 2 is 1.58 bits per heavy atom. The van der Waals surface area contributed by atoms with Crippen molar-refractivity contribution in [2.75, 3.05) is 13.1 Å². The van der Waals surface area contributed by atoms with Crippen LogP contribution in [-0.2, 0) is 9.59 Å². The van der Waals surface area contributed by atoms with Crippen LogP contribution in [0.5, 0.6) is 0 Å². The molecule has 1 saturated heterocycles. The quantitative estimate of drug-likeness (QED) is 0.794. The van der Waals surface area contributed by atoms with E-state index in [-0.39, 0.29) is 17.9 Å². The van der Waals surface area contributed by atoms with Crippen LogP contribution in [-0.4, -0.2) is 47.1 Å². The zero-order chi connectivity index (χ0) is 14.4. The number of carbonyl (C=O) groups is 2. The fraction of sp³-hybridized carbons (Fsp3) is 0.857. The van der Waals surface area contributed by atoms with Crippen LogP contribution in [0.4, 0.5) is 0 Å². The Labute approximate surface area is 115 Å². The molecule has 0 spiro atoms. The number of aliphatic carboxylic acids is 1. The van der Waals surface area contributed by atoms with Crippen molar-refractivity contribution < 1.29 is 14.7 Å². The number of carboxylic acid groups (broad SMARTS) is 1. The van der Waals surface area contributed by atoms with Gasteiger partial charge in [0.05, 0.1) is 6.04 Å². The molecule has 110 valence electrons. The van der Waals surface area contributed by atoms with Crippen LogP contribution < -0.4 is 5.32 Å². The van der Waals surface area contributed by atoms with Gasteiger partial charge in [-0.15, -0.1) is 0 Å². The molecule has 1 unspecified atom stereocenters. The third-order valence-corrected chi connectivity index (χ3v) is 3.80. The van der Waals surface area contributed by atoms with Gasteiger partial charge < -0.3 is 10.4 Å². The Kier molecular flexibility index (Phi) is 6.28. The maximum absolute atomic E-state index is 12.2. The molecule has 1 heterocycles. The molecule has 1 aliphatic heterocycles. The Morgan fingerprint density at radius 1 is 1.05 bits per heavy atom. The number of hydrogen-bond acceptors (Lipinski definition) is 3. The van der Waals surface area contributed by atoms with Crippen molar-refractivity contribution in [2.45, 2.75) is 58.5 Å². The van der Waals surface area contributed by atoms with E-state index < -0.39 is 12.0 Å². The molecular formula is C14H26N2O3. The molecule has 1 aliphatic rings. The maximum atomic E-state index is 12.2. The number of likely N-dealkylation sites (tertiary alicyclic amines) is 1. The van der Waals surface area contributed by atoms with Crippen LogP contribution in [0.25, 0.3) is 0 Å². The molecule has 1 rings (SSSR count). The number of rotatable bonds is 5. The summed E-state index contributed by atoms with van der Waals surface area (Å²) < 4.78 is 0. The Bertz CT molecular complexity index is 310. The average Bonchev–Trinajstić information content (AvgIpc) is 2.62. The molecule has 5 nitrogen and oxygen atoms in total. The monoisotopic (exact) mass is 270 g/mol. The van der Waals surface area contributed by atoms with E-state index in [0.717, 1.165) is 25.9 Å². The highest BCUT2D eigenvalue weighted by atomic mass is 16.4. The molecule has 19 heavy (non-hydrogen) atoms. The molecule has 2 N–H and O–H groups in total. The zero-order valence-corrected chi connectivity index (χ0v) is 12.2. The minimum atomic E-state index is -0.966. The Morgan fingerprint density at radius 3 is 2.00 bits per heavy atom. The van der Waals surface area contributed by atoms with Crippen LogP contribution in [0, 0.1) is 5.92 Å². The molecule has 1 fully saturated rings. The summed E-state index contributed by atoms with van der Waals surface area (Å²) >= 11 is 0. The van der Waals surface area contributed by atoms with E-state index in [1.54, 1.807) is 13.8 Å². The molecule has 0 saturated carbocycles. The van der Waals surface area contributed by atoms with E-state index in [4.69, 9.17) is 5.11 Å². The molecule has 0 radical (unpaired) electrons. The molecule has 2 atom stereocenters. The SMILES string of the molecule is CC(C)[C@H](NC(=O)C(C)N1CCCCCC1)C(=O)O. The fourth-order valence-corrected chi connectivity index (χ4v) is 2.44. The van der Waals surface area contributed by atoms with Crippen molar-refractivity contribution in [3.05, 3.63) is 0 Å². The van der Waals surface area contributed by atoms with Crippen molar-refractivity contribution >= 4 is 11.9 Å². The van der Waals surface area contributed by atoms with Gasteiger partial charge in [-0.2, -0.15) is 0 Å². The summed E-state index contributed by atoms with van der Waals surface area (Å²) in [6, 6.07) is -1.05. The predicted octanol–water partition coefficient (Wildman–Crippen LogP) is 1.48. The van der Waals surface area contributed by atoms with Gasteiger partial charge in [0.2, 0.25) is 5.91 Å². The van der Waals surface area contributed by atoms with Crippen LogP contribution in [0.3, 0.4) is 0 Å². The standard InChI is InChI=1S/C14H26N2O3/c1-10(2)12(14(18)19)15-13(17)11(3)16-8-6-4-5-7-9-16/h10-12H,4-9H2,1-3H3,(H,15,17)(H,18,19)/t11?,12-/m0/s1. The lowest BCUT2D eigenvalue weighted by Crippen LogP contribution is -2.52. The first-order valence-corrected chi connectivity index (χ1v) is 7.20. The van der Waals surface area contributed by atoms with Gasteiger partial charge in [0.25, 0.3) is 0 Å². The molecule has 0 aromatic carbocycles. The lowest BCUT2D eigenvalue weighted by molar-refractivity contribution is -0.143. The van der Waals surface area contributed by atoms with E-state index in [1.165, 1.54) is 12.8 Å². The van der Waals surface area contributed by atoms with Gasteiger partial charge in [0.1, 0.15) is 6.04 Å². The van der Waals surface area contributed by atoms with Gasteiger partial charge in [-0.3, -0.25) is 9.69 Å². The summed E-state index contributed by atoms with van der Waals surface area (Å²) in [5.41, 5.74) is 0.